The van der Waals surface area contributed by atoms with Crippen molar-refractivity contribution < 1.29 is 4.79 Å². The van der Waals surface area contributed by atoms with E-state index in [9.17, 15) is 4.79 Å². The van der Waals surface area contributed by atoms with E-state index in [-0.39, 0.29) is 5.78 Å². The van der Waals surface area contributed by atoms with Crippen molar-refractivity contribution in [1.82, 2.24) is 9.97 Å². The number of aromatic nitrogens is 2. The Balaban J connectivity index is 2.18. The van der Waals surface area contributed by atoms with Crippen LogP contribution >= 0.6 is 31.9 Å². The highest BCUT2D eigenvalue weighted by Gasteiger charge is 2.16. The van der Waals surface area contributed by atoms with Gasteiger partial charge in [-0.1, -0.05) is 18.2 Å². The van der Waals surface area contributed by atoms with Crippen LogP contribution < -0.4 is 0 Å². The summed E-state index contributed by atoms with van der Waals surface area (Å²) < 4.78 is 1.49. The molecule has 0 N–H and O–H groups in total. The number of hydrogen-bond donors (Lipinski definition) is 0. The lowest BCUT2D eigenvalue weighted by Gasteiger charge is -2.06. The Morgan fingerprint density at radius 2 is 1.95 bits per heavy atom. The number of carbonyl (C=O) groups excluding carboxylic acids is 1. The van der Waals surface area contributed by atoms with Crippen LogP contribution in [0.2, 0.25) is 0 Å². The van der Waals surface area contributed by atoms with E-state index in [0.717, 1.165) is 15.2 Å². The molecule has 3 aromatic rings. The SMILES string of the molecule is O=C(c1ncc(Br)cc1Br)c1cccc2cnccc12. The Morgan fingerprint density at radius 3 is 2.75 bits per heavy atom. The molecule has 1 aromatic carbocycles. The first kappa shape index (κ1) is 13.4. The molecule has 0 unspecified atom stereocenters. The minimum absolute atomic E-state index is 0.110. The van der Waals surface area contributed by atoms with Crippen LogP contribution in [0, 0.1) is 0 Å². The molecule has 20 heavy (non-hydrogen) atoms. The summed E-state index contributed by atoms with van der Waals surface area (Å²) in [5, 5.41) is 1.82. The lowest BCUT2D eigenvalue weighted by Crippen LogP contribution is -2.06. The van der Waals surface area contributed by atoms with E-state index in [1.807, 2.05) is 24.3 Å². The van der Waals surface area contributed by atoms with Crippen LogP contribution in [0.1, 0.15) is 16.1 Å². The lowest BCUT2D eigenvalue weighted by atomic mass is 10.0. The fraction of sp³-hybridized carbons (Fsp3) is 0. The first-order valence-electron chi connectivity index (χ1n) is 5.85. The molecule has 0 aliphatic rings. The number of pyridine rings is 2. The minimum atomic E-state index is -0.110. The second-order valence-electron chi connectivity index (χ2n) is 4.22. The molecule has 0 atom stereocenters. The molecular formula is C15H8Br2N2O. The van der Waals surface area contributed by atoms with E-state index < -0.39 is 0 Å². The molecule has 2 heterocycles. The van der Waals surface area contributed by atoms with Gasteiger partial charge in [-0.05, 0) is 49.4 Å². The van der Waals surface area contributed by atoms with Crippen molar-refractivity contribution in [2.45, 2.75) is 0 Å². The van der Waals surface area contributed by atoms with Gasteiger partial charge in [-0.25, -0.2) is 0 Å². The van der Waals surface area contributed by atoms with Crippen molar-refractivity contribution in [2.24, 2.45) is 0 Å². The number of hydrogen-bond acceptors (Lipinski definition) is 3. The van der Waals surface area contributed by atoms with E-state index in [0.29, 0.717) is 15.7 Å². The highest BCUT2D eigenvalue weighted by Crippen LogP contribution is 2.25. The average Bonchev–Trinajstić information content (AvgIpc) is 2.46. The van der Waals surface area contributed by atoms with Crippen molar-refractivity contribution in [3.8, 4) is 0 Å². The van der Waals surface area contributed by atoms with Gasteiger partial charge in [-0.3, -0.25) is 14.8 Å². The quantitative estimate of drug-likeness (QED) is 0.608. The molecule has 5 heteroatoms. The van der Waals surface area contributed by atoms with Gasteiger partial charge in [0, 0.05) is 38.5 Å². The molecule has 0 aliphatic carbocycles. The molecule has 0 fully saturated rings. The zero-order chi connectivity index (χ0) is 14.1. The fourth-order valence-electron chi connectivity index (χ4n) is 2.03. The Morgan fingerprint density at radius 1 is 1.10 bits per heavy atom. The third kappa shape index (κ3) is 2.39. The van der Waals surface area contributed by atoms with Crippen LogP contribution in [-0.4, -0.2) is 15.8 Å². The molecule has 0 bridgehead atoms. The summed E-state index contributed by atoms with van der Waals surface area (Å²) in [4.78, 5) is 20.9. The standard InChI is InChI=1S/C15H8Br2N2O/c16-10-6-13(17)14(19-8-10)15(20)12-3-1-2-9-7-18-5-4-11(9)12/h1-8H. The Bertz CT molecular complexity index is 813. The summed E-state index contributed by atoms with van der Waals surface area (Å²) in [5.74, 6) is -0.110. The number of fused-ring (bicyclic) bond motifs is 1. The van der Waals surface area contributed by atoms with E-state index in [1.165, 1.54) is 0 Å². The van der Waals surface area contributed by atoms with Crippen LogP contribution in [-0.2, 0) is 0 Å². The van der Waals surface area contributed by atoms with Gasteiger partial charge in [-0.2, -0.15) is 0 Å². The molecule has 0 aliphatic heterocycles. The number of rotatable bonds is 2. The molecule has 3 rings (SSSR count). The number of halogens is 2. The molecule has 0 saturated heterocycles. The van der Waals surface area contributed by atoms with Gasteiger partial charge in [-0.15, -0.1) is 0 Å². The van der Waals surface area contributed by atoms with Gasteiger partial charge >= 0.3 is 0 Å². The number of benzene rings is 1. The third-order valence-corrected chi connectivity index (χ3v) is 3.99. The van der Waals surface area contributed by atoms with E-state index in [1.54, 1.807) is 24.7 Å². The van der Waals surface area contributed by atoms with Crippen molar-refractivity contribution in [3.63, 3.8) is 0 Å². The summed E-state index contributed by atoms with van der Waals surface area (Å²) in [5.41, 5.74) is 1.03. The lowest BCUT2D eigenvalue weighted by molar-refractivity contribution is 0.103. The predicted octanol–water partition coefficient (Wildman–Crippen LogP) is 4.39. The summed E-state index contributed by atoms with van der Waals surface area (Å²) >= 11 is 6.71. The Hall–Kier alpha value is -1.59. The summed E-state index contributed by atoms with van der Waals surface area (Å²) in [6.07, 6.45) is 5.05. The van der Waals surface area contributed by atoms with Crippen LogP contribution in [0.25, 0.3) is 10.8 Å². The van der Waals surface area contributed by atoms with Gasteiger partial charge < -0.3 is 0 Å². The molecule has 0 saturated carbocycles. The second kappa shape index (κ2) is 5.42. The van der Waals surface area contributed by atoms with Crippen LogP contribution in [0.15, 0.2) is 57.9 Å². The Labute approximate surface area is 132 Å². The highest BCUT2D eigenvalue weighted by atomic mass is 79.9. The van der Waals surface area contributed by atoms with Gasteiger partial charge in [0.2, 0.25) is 5.78 Å². The van der Waals surface area contributed by atoms with Crippen molar-refractivity contribution in [3.05, 3.63) is 69.1 Å². The number of ketones is 1. The fourth-order valence-corrected chi connectivity index (χ4v) is 3.20. The van der Waals surface area contributed by atoms with Crippen LogP contribution in [0.5, 0.6) is 0 Å². The predicted molar refractivity (Wildman–Crippen MR) is 84.8 cm³/mol. The molecule has 0 radical (unpaired) electrons. The molecular weight excluding hydrogens is 384 g/mol. The van der Waals surface area contributed by atoms with Crippen LogP contribution in [0.4, 0.5) is 0 Å². The average molecular weight is 392 g/mol. The highest BCUT2D eigenvalue weighted by molar-refractivity contribution is 9.11. The first-order chi connectivity index (χ1) is 9.66. The summed E-state index contributed by atoms with van der Waals surface area (Å²) in [6, 6.07) is 9.25. The Kier molecular flexibility index (Phi) is 3.63. The molecule has 98 valence electrons. The van der Waals surface area contributed by atoms with E-state index in [4.69, 9.17) is 0 Å². The minimum Gasteiger partial charge on any atom is -0.287 e. The smallest absolute Gasteiger partial charge is 0.213 e. The topological polar surface area (TPSA) is 42.9 Å². The van der Waals surface area contributed by atoms with Gasteiger partial charge in [0.15, 0.2) is 0 Å². The monoisotopic (exact) mass is 390 g/mol. The van der Waals surface area contributed by atoms with Gasteiger partial charge in [0.1, 0.15) is 5.69 Å². The maximum absolute atomic E-state index is 12.7. The van der Waals surface area contributed by atoms with Gasteiger partial charge in [0.05, 0.1) is 0 Å². The maximum Gasteiger partial charge on any atom is 0.213 e. The van der Waals surface area contributed by atoms with Crippen molar-refractivity contribution >= 4 is 48.4 Å². The van der Waals surface area contributed by atoms with Crippen LogP contribution in [0.3, 0.4) is 0 Å². The first-order valence-corrected chi connectivity index (χ1v) is 7.44. The second-order valence-corrected chi connectivity index (χ2v) is 5.99. The maximum atomic E-state index is 12.7. The molecule has 0 amide bonds. The number of carbonyl (C=O) groups is 1. The largest absolute Gasteiger partial charge is 0.287 e. The number of nitrogens with zero attached hydrogens (tertiary/aromatic N) is 2. The zero-order valence-corrected chi connectivity index (χ0v) is 13.3. The van der Waals surface area contributed by atoms with Crippen molar-refractivity contribution in [2.75, 3.05) is 0 Å². The normalized spacial score (nSPS) is 10.7. The molecule has 0 spiro atoms. The molecule has 2 aromatic heterocycles. The summed E-state index contributed by atoms with van der Waals surface area (Å²) in [7, 11) is 0. The third-order valence-electron chi connectivity index (χ3n) is 2.95. The van der Waals surface area contributed by atoms with E-state index in [2.05, 4.69) is 41.8 Å². The summed E-state index contributed by atoms with van der Waals surface area (Å²) in [6.45, 7) is 0. The zero-order valence-electron chi connectivity index (χ0n) is 10.2. The molecule has 3 nitrogen and oxygen atoms in total. The van der Waals surface area contributed by atoms with Gasteiger partial charge in [0.25, 0.3) is 0 Å². The van der Waals surface area contributed by atoms with Crippen molar-refractivity contribution in [1.29, 1.82) is 0 Å². The van der Waals surface area contributed by atoms with E-state index >= 15 is 0 Å².